The fourth-order valence-electron chi connectivity index (χ4n) is 1.74. The van der Waals surface area contributed by atoms with Crippen molar-refractivity contribution in [3.8, 4) is 0 Å². The van der Waals surface area contributed by atoms with Gasteiger partial charge < -0.3 is 5.32 Å². The van der Waals surface area contributed by atoms with Crippen molar-refractivity contribution in [3.05, 3.63) is 58.1 Å². The number of halogens is 1. The van der Waals surface area contributed by atoms with Crippen LogP contribution in [-0.2, 0) is 6.54 Å². The van der Waals surface area contributed by atoms with Gasteiger partial charge in [0, 0.05) is 20.8 Å². The van der Waals surface area contributed by atoms with E-state index < -0.39 is 0 Å². The van der Waals surface area contributed by atoms with E-state index in [0.717, 1.165) is 11.0 Å². The van der Waals surface area contributed by atoms with Gasteiger partial charge >= 0.3 is 0 Å². The van der Waals surface area contributed by atoms with Crippen molar-refractivity contribution < 1.29 is 0 Å². The Bertz CT molecular complexity index is 540. The molecule has 0 saturated carbocycles. The van der Waals surface area contributed by atoms with Crippen LogP contribution in [0.3, 0.4) is 0 Å². The first-order chi connectivity index (χ1) is 8.69. The van der Waals surface area contributed by atoms with Crippen LogP contribution in [0.25, 0.3) is 0 Å². The van der Waals surface area contributed by atoms with Crippen LogP contribution in [0.15, 0.2) is 56.7 Å². The van der Waals surface area contributed by atoms with E-state index in [4.69, 9.17) is 0 Å². The Morgan fingerprint density at radius 1 is 1.11 bits per heavy atom. The maximum atomic E-state index is 3.62. The van der Waals surface area contributed by atoms with E-state index in [1.54, 1.807) is 11.8 Å². The summed E-state index contributed by atoms with van der Waals surface area (Å²) in [6.07, 6.45) is 0. The minimum atomic E-state index is 0.885. The number of rotatable bonds is 4. The molecule has 0 amide bonds. The second kappa shape index (κ2) is 6.41. The first-order valence-electron chi connectivity index (χ1n) is 5.86. The molecule has 0 aliphatic heterocycles. The molecule has 0 saturated heterocycles. The Morgan fingerprint density at radius 2 is 1.89 bits per heavy atom. The summed E-state index contributed by atoms with van der Waals surface area (Å²) in [5, 5.41) is 3.16. The smallest absolute Gasteiger partial charge is 0.0231 e. The van der Waals surface area contributed by atoms with Gasteiger partial charge in [0.15, 0.2) is 0 Å². The molecule has 2 aromatic rings. The average molecular weight is 322 g/mol. The van der Waals surface area contributed by atoms with Crippen LogP contribution in [0.5, 0.6) is 0 Å². The summed E-state index contributed by atoms with van der Waals surface area (Å²) in [4.78, 5) is 2.54. The van der Waals surface area contributed by atoms with Crippen molar-refractivity contribution in [2.45, 2.75) is 23.3 Å². The van der Waals surface area contributed by atoms with Gasteiger partial charge in [0.2, 0.25) is 0 Å². The standard InChI is InChI=1S/C15H16BrNS/c1-11-4-3-5-13(8-11)18-14-7-6-12(10-17-2)15(16)9-14/h3-9,17H,10H2,1-2H3. The summed E-state index contributed by atoms with van der Waals surface area (Å²) in [5.74, 6) is 0. The fraction of sp³-hybridized carbons (Fsp3) is 0.200. The van der Waals surface area contributed by atoms with Gasteiger partial charge in [-0.1, -0.05) is 51.5 Å². The van der Waals surface area contributed by atoms with Crippen LogP contribution in [0.4, 0.5) is 0 Å². The highest BCUT2D eigenvalue weighted by Gasteiger charge is 2.02. The van der Waals surface area contributed by atoms with E-state index in [2.05, 4.69) is 70.6 Å². The molecule has 0 aliphatic rings. The zero-order valence-corrected chi connectivity index (χ0v) is 12.9. The molecule has 94 valence electrons. The van der Waals surface area contributed by atoms with E-state index in [1.165, 1.54) is 20.9 Å². The van der Waals surface area contributed by atoms with Crippen molar-refractivity contribution in [2.24, 2.45) is 0 Å². The van der Waals surface area contributed by atoms with Crippen molar-refractivity contribution in [2.75, 3.05) is 7.05 Å². The van der Waals surface area contributed by atoms with Gasteiger partial charge in [-0.3, -0.25) is 0 Å². The summed E-state index contributed by atoms with van der Waals surface area (Å²) in [5.41, 5.74) is 2.58. The highest BCUT2D eigenvalue weighted by molar-refractivity contribution is 9.10. The van der Waals surface area contributed by atoms with Gasteiger partial charge in [-0.15, -0.1) is 0 Å². The summed E-state index contributed by atoms with van der Waals surface area (Å²) in [6.45, 7) is 3.01. The predicted molar refractivity (Wildman–Crippen MR) is 82.2 cm³/mol. The van der Waals surface area contributed by atoms with Crippen molar-refractivity contribution in [3.63, 3.8) is 0 Å². The van der Waals surface area contributed by atoms with Gasteiger partial charge in [0.25, 0.3) is 0 Å². The Hall–Kier alpha value is -0.770. The molecule has 0 bridgehead atoms. The Labute approximate surface area is 121 Å². The lowest BCUT2D eigenvalue weighted by atomic mass is 10.2. The normalized spacial score (nSPS) is 10.6. The topological polar surface area (TPSA) is 12.0 Å². The molecule has 0 fully saturated rings. The average Bonchev–Trinajstić information content (AvgIpc) is 2.33. The van der Waals surface area contributed by atoms with E-state index in [9.17, 15) is 0 Å². The number of benzene rings is 2. The second-order valence-corrected chi connectivity index (χ2v) is 6.20. The summed E-state index contributed by atoms with van der Waals surface area (Å²) in [6, 6.07) is 15.1. The molecule has 1 N–H and O–H groups in total. The lowest BCUT2D eigenvalue weighted by Gasteiger charge is -2.07. The quantitative estimate of drug-likeness (QED) is 0.881. The molecule has 18 heavy (non-hydrogen) atoms. The maximum absolute atomic E-state index is 3.62. The zero-order valence-electron chi connectivity index (χ0n) is 10.5. The van der Waals surface area contributed by atoms with E-state index in [-0.39, 0.29) is 0 Å². The molecule has 0 heterocycles. The molecule has 0 aliphatic carbocycles. The number of hydrogen-bond acceptors (Lipinski definition) is 2. The van der Waals surface area contributed by atoms with Crippen LogP contribution >= 0.6 is 27.7 Å². The first kappa shape index (κ1) is 13.7. The minimum Gasteiger partial charge on any atom is -0.316 e. The zero-order chi connectivity index (χ0) is 13.0. The summed E-state index contributed by atoms with van der Waals surface area (Å²) < 4.78 is 1.16. The van der Waals surface area contributed by atoms with Crippen LogP contribution in [0.2, 0.25) is 0 Å². The summed E-state index contributed by atoms with van der Waals surface area (Å²) >= 11 is 5.41. The van der Waals surface area contributed by atoms with Gasteiger partial charge in [0.1, 0.15) is 0 Å². The Kier molecular flexibility index (Phi) is 4.87. The molecular weight excluding hydrogens is 306 g/mol. The second-order valence-electron chi connectivity index (χ2n) is 4.20. The van der Waals surface area contributed by atoms with Crippen molar-refractivity contribution in [1.29, 1.82) is 0 Å². The molecule has 0 spiro atoms. The van der Waals surface area contributed by atoms with Crippen LogP contribution < -0.4 is 5.32 Å². The Balaban J connectivity index is 2.17. The fourth-order valence-corrected chi connectivity index (χ4v) is 3.39. The number of hydrogen-bond donors (Lipinski definition) is 1. The Morgan fingerprint density at radius 3 is 2.56 bits per heavy atom. The lowest BCUT2D eigenvalue weighted by molar-refractivity contribution is 0.813. The van der Waals surface area contributed by atoms with Gasteiger partial charge in [-0.25, -0.2) is 0 Å². The molecule has 2 rings (SSSR count). The van der Waals surface area contributed by atoms with Gasteiger partial charge in [0.05, 0.1) is 0 Å². The lowest BCUT2D eigenvalue weighted by Crippen LogP contribution is -2.05. The third-order valence-electron chi connectivity index (χ3n) is 2.62. The van der Waals surface area contributed by atoms with Crippen LogP contribution in [-0.4, -0.2) is 7.05 Å². The minimum absolute atomic E-state index is 0.885. The van der Waals surface area contributed by atoms with Crippen LogP contribution in [0, 0.1) is 6.92 Å². The van der Waals surface area contributed by atoms with E-state index in [0.29, 0.717) is 0 Å². The molecule has 0 atom stereocenters. The largest absolute Gasteiger partial charge is 0.316 e. The van der Waals surface area contributed by atoms with E-state index >= 15 is 0 Å². The van der Waals surface area contributed by atoms with Crippen molar-refractivity contribution in [1.82, 2.24) is 5.32 Å². The van der Waals surface area contributed by atoms with Crippen molar-refractivity contribution >= 4 is 27.7 Å². The molecule has 0 unspecified atom stereocenters. The van der Waals surface area contributed by atoms with Gasteiger partial charge in [-0.05, 0) is 43.8 Å². The maximum Gasteiger partial charge on any atom is 0.0231 e. The molecule has 0 aromatic heterocycles. The molecular formula is C15H16BrNS. The number of aryl methyl sites for hydroxylation is 1. The van der Waals surface area contributed by atoms with Gasteiger partial charge in [-0.2, -0.15) is 0 Å². The molecule has 1 nitrogen and oxygen atoms in total. The highest BCUT2D eigenvalue weighted by Crippen LogP contribution is 2.31. The number of nitrogens with one attached hydrogen (secondary N) is 1. The predicted octanol–water partition coefficient (Wildman–Crippen LogP) is 4.63. The summed E-state index contributed by atoms with van der Waals surface area (Å²) in [7, 11) is 1.96. The third kappa shape index (κ3) is 3.61. The molecule has 3 heteroatoms. The highest BCUT2D eigenvalue weighted by atomic mass is 79.9. The van der Waals surface area contributed by atoms with Crippen LogP contribution in [0.1, 0.15) is 11.1 Å². The monoisotopic (exact) mass is 321 g/mol. The SMILES string of the molecule is CNCc1ccc(Sc2cccc(C)c2)cc1Br. The molecule has 0 radical (unpaired) electrons. The van der Waals surface area contributed by atoms with E-state index in [1.807, 2.05) is 7.05 Å². The first-order valence-corrected chi connectivity index (χ1v) is 7.47. The molecule has 2 aromatic carbocycles. The third-order valence-corrected chi connectivity index (χ3v) is 4.33.